The van der Waals surface area contributed by atoms with Gasteiger partial charge in [0.05, 0.1) is 29.8 Å². The second-order valence-corrected chi connectivity index (χ2v) is 9.13. The summed E-state index contributed by atoms with van der Waals surface area (Å²) in [4.78, 5) is 35.6. The van der Waals surface area contributed by atoms with Crippen LogP contribution in [-0.4, -0.2) is 39.0 Å². The van der Waals surface area contributed by atoms with Crippen molar-refractivity contribution in [1.29, 1.82) is 0 Å². The zero-order valence-corrected chi connectivity index (χ0v) is 18.2. The summed E-state index contributed by atoms with van der Waals surface area (Å²) in [5.74, 6) is 0.904. The normalized spacial score (nSPS) is 18.8. The minimum absolute atomic E-state index is 0.141. The smallest absolute Gasteiger partial charge is 0.256 e. The number of nitrogens with zero attached hydrogens (tertiary/aromatic N) is 2. The number of hydrogen-bond acceptors (Lipinski definition) is 5. The minimum Gasteiger partial charge on any atom is -0.493 e. The molecule has 3 heterocycles. The molecule has 0 saturated heterocycles. The van der Waals surface area contributed by atoms with E-state index in [0.29, 0.717) is 42.3 Å². The summed E-state index contributed by atoms with van der Waals surface area (Å²) < 4.78 is 5.66. The summed E-state index contributed by atoms with van der Waals surface area (Å²) in [6.07, 6.45) is 1.85. The number of aromatic nitrogens is 2. The molecule has 168 valence electrons. The summed E-state index contributed by atoms with van der Waals surface area (Å²) in [5, 5.41) is 10.8. The van der Waals surface area contributed by atoms with Crippen molar-refractivity contribution < 1.29 is 14.6 Å². The number of aliphatic hydroxyl groups excluding tert-OH is 1. The van der Waals surface area contributed by atoms with Crippen LogP contribution in [-0.2, 0) is 29.6 Å². The third-order valence-electron chi connectivity index (χ3n) is 7.18. The molecule has 1 amide bonds. The van der Waals surface area contributed by atoms with Crippen LogP contribution in [0.3, 0.4) is 0 Å². The first-order chi connectivity index (χ1) is 16.1. The number of nitrogens with one attached hydrogen (secondary N) is 1. The molecule has 33 heavy (non-hydrogen) atoms. The summed E-state index contributed by atoms with van der Waals surface area (Å²) in [5.41, 5.74) is 3.49. The van der Waals surface area contributed by atoms with E-state index in [1.807, 2.05) is 30.3 Å². The van der Waals surface area contributed by atoms with Crippen LogP contribution in [0.5, 0.6) is 5.75 Å². The van der Waals surface area contributed by atoms with Crippen molar-refractivity contribution in [2.45, 2.75) is 43.7 Å². The van der Waals surface area contributed by atoms with Gasteiger partial charge in [0.1, 0.15) is 11.6 Å². The van der Waals surface area contributed by atoms with Crippen LogP contribution in [0, 0.1) is 0 Å². The molecule has 3 aromatic rings. The lowest BCUT2D eigenvalue weighted by molar-refractivity contribution is -0.141. The topological polar surface area (TPSA) is 95.5 Å². The van der Waals surface area contributed by atoms with Crippen molar-refractivity contribution in [3.05, 3.63) is 92.7 Å². The molecule has 2 aromatic carbocycles. The van der Waals surface area contributed by atoms with Crippen molar-refractivity contribution in [2.24, 2.45) is 0 Å². The fourth-order valence-electron chi connectivity index (χ4n) is 5.15. The van der Waals surface area contributed by atoms with E-state index in [-0.39, 0.29) is 17.5 Å². The fourth-order valence-corrected chi connectivity index (χ4v) is 5.15. The molecule has 1 aliphatic carbocycles. The molecule has 3 aliphatic rings. The zero-order valence-electron chi connectivity index (χ0n) is 18.2. The van der Waals surface area contributed by atoms with E-state index in [1.165, 1.54) is 5.56 Å². The maximum Gasteiger partial charge on any atom is 0.256 e. The van der Waals surface area contributed by atoms with Gasteiger partial charge in [0.25, 0.3) is 11.5 Å². The average molecular weight is 444 g/mol. The summed E-state index contributed by atoms with van der Waals surface area (Å²) in [7, 11) is 0. The number of amides is 1. The Morgan fingerprint density at radius 1 is 1.12 bits per heavy atom. The number of aliphatic hydroxyl groups is 1. The second kappa shape index (κ2) is 7.56. The number of rotatable bonds is 4. The summed E-state index contributed by atoms with van der Waals surface area (Å²) in [6, 6.07) is 15.7. The molecule has 7 nitrogen and oxygen atoms in total. The molecule has 1 saturated carbocycles. The third-order valence-corrected chi connectivity index (χ3v) is 7.18. The Morgan fingerprint density at radius 2 is 1.94 bits per heavy atom. The van der Waals surface area contributed by atoms with Gasteiger partial charge in [-0.15, -0.1) is 0 Å². The van der Waals surface area contributed by atoms with Crippen LogP contribution in [0.15, 0.2) is 53.3 Å². The van der Waals surface area contributed by atoms with Gasteiger partial charge >= 0.3 is 0 Å². The number of para-hydroxylation sites is 1. The molecule has 1 aromatic heterocycles. The van der Waals surface area contributed by atoms with Crippen LogP contribution in [0.1, 0.15) is 52.7 Å². The van der Waals surface area contributed by atoms with Crippen molar-refractivity contribution in [1.82, 2.24) is 14.9 Å². The standard InChI is InChI=1S/C26H25N3O4/c30-21(18-8-4-5-16-10-14-33-22(16)18)24(32)29-13-9-20-19(15-29)23(31)28-25(27-20)26(11-12-26)17-6-2-1-3-7-17/h1-8,21,30H,9-15H2,(H,27,28,31). The number of aromatic amines is 1. The molecule has 1 unspecified atom stereocenters. The second-order valence-electron chi connectivity index (χ2n) is 9.13. The van der Waals surface area contributed by atoms with E-state index in [1.54, 1.807) is 11.0 Å². The molecule has 0 radical (unpaired) electrons. The molecule has 6 rings (SSSR count). The van der Waals surface area contributed by atoms with Gasteiger partial charge in [-0.25, -0.2) is 4.98 Å². The van der Waals surface area contributed by atoms with Crippen LogP contribution in [0.4, 0.5) is 0 Å². The largest absolute Gasteiger partial charge is 0.493 e. The van der Waals surface area contributed by atoms with Gasteiger partial charge in [-0.2, -0.15) is 0 Å². The number of H-pyrrole nitrogens is 1. The summed E-state index contributed by atoms with van der Waals surface area (Å²) >= 11 is 0. The highest BCUT2D eigenvalue weighted by Crippen LogP contribution is 2.52. The Balaban J connectivity index is 1.26. The molecule has 2 N–H and O–H groups in total. The molecule has 0 spiro atoms. The van der Waals surface area contributed by atoms with Gasteiger partial charge in [0.15, 0.2) is 6.10 Å². The Hall–Kier alpha value is -3.45. The molecule has 1 fully saturated rings. The predicted molar refractivity (Wildman–Crippen MR) is 121 cm³/mol. The Morgan fingerprint density at radius 3 is 2.73 bits per heavy atom. The fraction of sp³-hybridized carbons (Fsp3) is 0.346. The number of benzene rings is 2. The highest BCUT2D eigenvalue weighted by Gasteiger charge is 2.48. The van der Waals surface area contributed by atoms with Gasteiger partial charge in [0.2, 0.25) is 0 Å². The molecule has 2 aliphatic heterocycles. The van der Waals surface area contributed by atoms with Crippen LogP contribution >= 0.6 is 0 Å². The Bertz CT molecular complexity index is 1300. The first-order valence-corrected chi connectivity index (χ1v) is 11.5. The molecule has 7 heteroatoms. The number of carbonyl (C=O) groups is 1. The molecule has 1 atom stereocenters. The van der Waals surface area contributed by atoms with Crippen molar-refractivity contribution in [2.75, 3.05) is 13.2 Å². The monoisotopic (exact) mass is 443 g/mol. The van der Waals surface area contributed by atoms with E-state index in [9.17, 15) is 14.7 Å². The van der Waals surface area contributed by atoms with Crippen molar-refractivity contribution >= 4 is 5.91 Å². The van der Waals surface area contributed by atoms with Crippen molar-refractivity contribution in [3.8, 4) is 5.75 Å². The number of ether oxygens (including phenoxy) is 1. The quantitative estimate of drug-likeness (QED) is 0.646. The summed E-state index contributed by atoms with van der Waals surface area (Å²) in [6.45, 7) is 1.10. The van der Waals surface area contributed by atoms with Gasteiger partial charge < -0.3 is 19.7 Å². The average Bonchev–Trinajstić information content (AvgIpc) is 3.53. The lowest BCUT2D eigenvalue weighted by atomic mass is 9.94. The van der Waals surface area contributed by atoms with Gasteiger partial charge in [-0.1, -0.05) is 48.5 Å². The first kappa shape index (κ1) is 20.2. The van der Waals surface area contributed by atoms with E-state index >= 15 is 0 Å². The maximum absolute atomic E-state index is 13.1. The number of carbonyl (C=O) groups excluding carboxylic acids is 1. The number of hydrogen-bond donors (Lipinski definition) is 2. The third kappa shape index (κ3) is 3.26. The van der Waals surface area contributed by atoms with Gasteiger partial charge in [0, 0.05) is 24.9 Å². The van der Waals surface area contributed by atoms with Crippen LogP contribution in [0.2, 0.25) is 0 Å². The number of fused-ring (bicyclic) bond motifs is 2. The van der Waals surface area contributed by atoms with Crippen molar-refractivity contribution in [3.63, 3.8) is 0 Å². The highest BCUT2D eigenvalue weighted by atomic mass is 16.5. The van der Waals surface area contributed by atoms with E-state index in [2.05, 4.69) is 17.1 Å². The van der Waals surface area contributed by atoms with E-state index < -0.39 is 12.0 Å². The van der Waals surface area contributed by atoms with E-state index in [4.69, 9.17) is 9.72 Å². The Labute approximate surface area is 191 Å². The molecule has 0 bridgehead atoms. The molecular weight excluding hydrogens is 418 g/mol. The first-order valence-electron chi connectivity index (χ1n) is 11.5. The highest BCUT2D eigenvalue weighted by molar-refractivity contribution is 5.83. The van der Waals surface area contributed by atoms with E-state index in [0.717, 1.165) is 30.5 Å². The Kier molecular flexibility index (Phi) is 4.62. The molecular formula is C26H25N3O4. The van der Waals surface area contributed by atoms with Crippen LogP contribution in [0.25, 0.3) is 0 Å². The zero-order chi connectivity index (χ0) is 22.6. The lowest BCUT2D eigenvalue weighted by Crippen LogP contribution is -2.42. The van der Waals surface area contributed by atoms with Gasteiger partial charge in [-0.05, 0) is 24.0 Å². The minimum atomic E-state index is -1.32. The predicted octanol–water partition coefficient (Wildman–Crippen LogP) is 2.40. The van der Waals surface area contributed by atoms with Gasteiger partial charge in [-0.3, -0.25) is 9.59 Å². The van der Waals surface area contributed by atoms with Crippen LogP contribution < -0.4 is 10.3 Å². The SMILES string of the molecule is O=C(C(O)c1cccc2c1OCC2)N1CCc2nc(C3(c4ccccc4)CC3)[nH]c(=O)c2C1. The maximum atomic E-state index is 13.1. The lowest BCUT2D eigenvalue weighted by Gasteiger charge is -2.30.